The Labute approximate surface area is 83.8 Å². The van der Waals surface area contributed by atoms with E-state index in [1.165, 1.54) is 6.33 Å². The van der Waals surface area contributed by atoms with Crippen LogP contribution in [0.1, 0.15) is 25.1 Å². The molecule has 0 aliphatic heterocycles. The van der Waals surface area contributed by atoms with Crippen molar-refractivity contribution in [3.05, 3.63) is 30.2 Å². The van der Waals surface area contributed by atoms with Gasteiger partial charge in [0.05, 0.1) is 18.8 Å². The minimum atomic E-state index is -0.135. The molecule has 1 heterocycles. The van der Waals surface area contributed by atoms with E-state index in [2.05, 4.69) is 16.5 Å². The predicted octanol–water partition coefficient (Wildman–Crippen LogP) is 1.45. The quantitative estimate of drug-likeness (QED) is 0.735. The van der Waals surface area contributed by atoms with E-state index < -0.39 is 0 Å². The van der Waals surface area contributed by atoms with Gasteiger partial charge in [-0.2, -0.15) is 0 Å². The Balaban J connectivity index is 2.78. The van der Waals surface area contributed by atoms with Gasteiger partial charge in [-0.25, -0.2) is 9.97 Å². The summed E-state index contributed by atoms with van der Waals surface area (Å²) in [5.41, 5.74) is 7.73. The van der Waals surface area contributed by atoms with E-state index in [4.69, 9.17) is 10.5 Å². The number of hydrogen-bond acceptors (Lipinski definition) is 4. The van der Waals surface area contributed by atoms with Crippen LogP contribution in [0.25, 0.3) is 0 Å². The van der Waals surface area contributed by atoms with Crippen molar-refractivity contribution in [3.8, 4) is 5.88 Å². The van der Waals surface area contributed by atoms with Gasteiger partial charge in [0.25, 0.3) is 0 Å². The Morgan fingerprint density at radius 1 is 1.64 bits per heavy atom. The first-order valence-corrected chi connectivity index (χ1v) is 4.39. The molecule has 4 nitrogen and oxygen atoms in total. The van der Waals surface area contributed by atoms with Crippen LogP contribution < -0.4 is 10.5 Å². The third kappa shape index (κ3) is 2.81. The average Bonchev–Trinajstić information content (AvgIpc) is 2.17. The summed E-state index contributed by atoms with van der Waals surface area (Å²) < 4.78 is 4.98. The smallest absolute Gasteiger partial charge is 0.216 e. The molecule has 0 saturated heterocycles. The van der Waals surface area contributed by atoms with Gasteiger partial charge in [-0.05, 0) is 13.3 Å². The maximum absolute atomic E-state index is 5.91. The van der Waals surface area contributed by atoms with E-state index in [0.29, 0.717) is 5.88 Å². The molecular formula is C10H15N3O. The molecule has 0 fully saturated rings. The molecule has 4 heteroatoms. The Kier molecular flexibility index (Phi) is 3.59. The molecule has 1 aromatic rings. The van der Waals surface area contributed by atoms with Gasteiger partial charge in [-0.3, -0.25) is 0 Å². The number of nitrogens with zero attached hydrogens (tertiary/aromatic N) is 2. The third-order valence-electron chi connectivity index (χ3n) is 1.82. The lowest BCUT2D eigenvalue weighted by Gasteiger charge is -2.10. The molecular weight excluding hydrogens is 178 g/mol. The summed E-state index contributed by atoms with van der Waals surface area (Å²) in [6, 6.07) is 1.61. The predicted molar refractivity (Wildman–Crippen MR) is 54.9 cm³/mol. The number of nitrogens with two attached hydrogens (primary N) is 1. The molecule has 1 unspecified atom stereocenters. The highest BCUT2D eigenvalue weighted by Crippen LogP contribution is 2.17. The largest absolute Gasteiger partial charge is 0.481 e. The maximum Gasteiger partial charge on any atom is 0.216 e. The second-order valence-electron chi connectivity index (χ2n) is 3.25. The summed E-state index contributed by atoms with van der Waals surface area (Å²) in [4.78, 5) is 7.99. The van der Waals surface area contributed by atoms with Crippen molar-refractivity contribution in [1.82, 2.24) is 9.97 Å². The van der Waals surface area contributed by atoms with Crippen molar-refractivity contribution in [2.24, 2.45) is 5.73 Å². The first-order valence-electron chi connectivity index (χ1n) is 4.39. The maximum atomic E-state index is 5.91. The van der Waals surface area contributed by atoms with Crippen LogP contribution in [-0.4, -0.2) is 17.1 Å². The van der Waals surface area contributed by atoms with Gasteiger partial charge in [-0.1, -0.05) is 5.57 Å². The number of rotatable bonds is 4. The molecule has 0 aliphatic carbocycles. The molecule has 1 rings (SSSR count). The second kappa shape index (κ2) is 4.72. The van der Waals surface area contributed by atoms with E-state index in [-0.39, 0.29) is 6.04 Å². The fourth-order valence-corrected chi connectivity index (χ4v) is 1.15. The monoisotopic (exact) mass is 193 g/mol. The molecule has 0 amide bonds. The highest BCUT2D eigenvalue weighted by molar-refractivity contribution is 5.17. The lowest BCUT2D eigenvalue weighted by atomic mass is 10.1. The highest BCUT2D eigenvalue weighted by Gasteiger charge is 2.08. The van der Waals surface area contributed by atoms with Gasteiger partial charge >= 0.3 is 0 Å². The van der Waals surface area contributed by atoms with Crippen LogP contribution in [0.5, 0.6) is 5.88 Å². The van der Waals surface area contributed by atoms with Gasteiger partial charge in [0, 0.05) is 6.07 Å². The minimum Gasteiger partial charge on any atom is -0.481 e. The number of methoxy groups -OCH3 is 1. The van der Waals surface area contributed by atoms with Crippen molar-refractivity contribution in [1.29, 1.82) is 0 Å². The summed E-state index contributed by atoms with van der Waals surface area (Å²) in [5.74, 6) is 0.534. The van der Waals surface area contributed by atoms with E-state index in [1.807, 2.05) is 6.92 Å². The van der Waals surface area contributed by atoms with Crippen molar-refractivity contribution in [3.63, 3.8) is 0 Å². The van der Waals surface area contributed by atoms with Gasteiger partial charge in [0.2, 0.25) is 5.88 Å². The Hall–Kier alpha value is -1.42. The van der Waals surface area contributed by atoms with Gasteiger partial charge in [0.1, 0.15) is 6.33 Å². The second-order valence-corrected chi connectivity index (χ2v) is 3.25. The van der Waals surface area contributed by atoms with Crippen LogP contribution in [0.4, 0.5) is 0 Å². The SMILES string of the molecule is C=C(C)CC(N)c1cc(OC)ncn1. The molecule has 0 radical (unpaired) electrons. The van der Waals surface area contributed by atoms with Crippen LogP contribution >= 0.6 is 0 Å². The zero-order valence-corrected chi connectivity index (χ0v) is 8.53. The molecule has 0 spiro atoms. The molecule has 1 aromatic heterocycles. The van der Waals surface area contributed by atoms with Crippen LogP contribution in [0, 0.1) is 0 Å². The average molecular weight is 193 g/mol. The van der Waals surface area contributed by atoms with E-state index in [0.717, 1.165) is 17.7 Å². The summed E-state index contributed by atoms with van der Waals surface area (Å²) in [6.07, 6.45) is 2.17. The van der Waals surface area contributed by atoms with Crippen LogP contribution in [-0.2, 0) is 0 Å². The Bertz CT molecular complexity index is 325. The first-order chi connectivity index (χ1) is 6.63. The molecule has 14 heavy (non-hydrogen) atoms. The molecule has 0 aromatic carbocycles. The molecule has 2 N–H and O–H groups in total. The van der Waals surface area contributed by atoms with Gasteiger partial charge in [-0.15, -0.1) is 6.58 Å². The number of hydrogen-bond donors (Lipinski definition) is 1. The van der Waals surface area contributed by atoms with E-state index >= 15 is 0 Å². The number of ether oxygens (including phenoxy) is 1. The molecule has 76 valence electrons. The lowest BCUT2D eigenvalue weighted by molar-refractivity contribution is 0.395. The molecule has 0 saturated carbocycles. The van der Waals surface area contributed by atoms with Gasteiger partial charge < -0.3 is 10.5 Å². The van der Waals surface area contributed by atoms with Crippen molar-refractivity contribution in [2.75, 3.05) is 7.11 Å². The van der Waals surface area contributed by atoms with Gasteiger partial charge in [0.15, 0.2) is 0 Å². The zero-order chi connectivity index (χ0) is 10.6. The van der Waals surface area contributed by atoms with Crippen LogP contribution in [0.3, 0.4) is 0 Å². The minimum absolute atomic E-state index is 0.135. The van der Waals surface area contributed by atoms with Crippen molar-refractivity contribution >= 4 is 0 Å². The van der Waals surface area contributed by atoms with Crippen LogP contribution in [0.2, 0.25) is 0 Å². The van der Waals surface area contributed by atoms with E-state index in [1.54, 1.807) is 13.2 Å². The molecule has 1 atom stereocenters. The summed E-state index contributed by atoms with van der Waals surface area (Å²) in [5, 5.41) is 0. The van der Waals surface area contributed by atoms with Crippen molar-refractivity contribution in [2.45, 2.75) is 19.4 Å². The normalized spacial score (nSPS) is 12.2. The Morgan fingerprint density at radius 3 is 2.93 bits per heavy atom. The number of aromatic nitrogens is 2. The highest BCUT2D eigenvalue weighted by atomic mass is 16.5. The first kappa shape index (κ1) is 10.7. The van der Waals surface area contributed by atoms with Crippen LogP contribution in [0.15, 0.2) is 24.5 Å². The van der Waals surface area contributed by atoms with E-state index in [9.17, 15) is 0 Å². The molecule has 0 bridgehead atoms. The summed E-state index contributed by atoms with van der Waals surface area (Å²) in [7, 11) is 1.57. The third-order valence-corrected chi connectivity index (χ3v) is 1.82. The fraction of sp³-hybridized carbons (Fsp3) is 0.400. The molecule has 0 aliphatic rings. The van der Waals surface area contributed by atoms with Crippen molar-refractivity contribution < 1.29 is 4.74 Å². The zero-order valence-electron chi connectivity index (χ0n) is 8.53. The lowest BCUT2D eigenvalue weighted by Crippen LogP contribution is -2.12. The Morgan fingerprint density at radius 2 is 2.36 bits per heavy atom. The standard InChI is InChI=1S/C10H15N3O/c1-7(2)4-8(11)9-5-10(14-3)13-6-12-9/h5-6,8H,1,4,11H2,2-3H3. The topological polar surface area (TPSA) is 61.0 Å². The summed E-state index contributed by atoms with van der Waals surface area (Å²) in [6.45, 7) is 5.75. The summed E-state index contributed by atoms with van der Waals surface area (Å²) >= 11 is 0. The fourth-order valence-electron chi connectivity index (χ4n) is 1.15.